The topological polar surface area (TPSA) is 90.8 Å². The first kappa shape index (κ1) is 12.6. The highest BCUT2D eigenvalue weighted by Crippen LogP contribution is 2.09. The lowest BCUT2D eigenvalue weighted by molar-refractivity contribution is -0.114. The van der Waals surface area contributed by atoms with Gasteiger partial charge in [-0.1, -0.05) is 17.0 Å². The van der Waals surface area contributed by atoms with Crippen LogP contribution < -0.4 is 5.32 Å². The average Bonchev–Trinajstić information content (AvgIpc) is 2.26. The Morgan fingerprint density at radius 3 is 3.00 bits per heavy atom. The fourth-order valence-corrected chi connectivity index (χ4v) is 1.14. The van der Waals surface area contributed by atoms with Crippen LogP contribution in [0, 0.1) is 18.8 Å². The minimum atomic E-state index is -0.168. The van der Waals surface area contributed by atoms with E-state index in [0.29, 0.717) is 11.5 Å². The standard InChI is InChI=1S/C11H11N5O/c1-8-10(4-3-7-13-16-12)5-6-11(14-8)15-9(2)17/h5-6H,7H2,1-2H3,(H,14,15,17). The summed E-state index contributed by atoms with van der Waals surface area (Å²) in [7, 11) is 0. The maximum absolute atomic E-state index is 10.8. The van der Waals surface area contributed by atoms with Gasteiger partial charge in [-0.25, -0.2) is 4.98 Å². The maximum atomic E-state index is 10.8. The van der Waals surface area contributed by atoms with Crippen LogP contribution in [0.4, 0.5) is 5.82 Å². The number of azide groups is 1. The molecule has 86 valence electrons. The first-order chi connectivity index (χ1) is 8.13. The Morgan fingerprint density at radius 2 is 2.41 bits per heavy atom. The SMILES string of the molecule is CC(=O)Nc1ccc(C#CCN=[N+]=[N-])c(C)n1. The van der Waals surface area contributed by atoms with Gasteiger partial charge in [0.05, 0.1) is 12.2 Å². The lowest BCUT2D eigenvalue weighted by Crippen LogP contribution is -2.08. The first-order valence-corrected chi connectivity index (χ1v) is 4.88. The summed E-state index contributed by atoms with van der Waals surface area (Å²) in [6, 6.07) is 3.43. The molecule has 0 unspecified atom stereocenters. The number of carbonyl (C=O) groups excluding carboxylic acids is 1. The Hall–Kier alpha value is -2.51. The van der Waals surface area contributed by atoms with Crippen molar-refractivity contribution < 1.29 is 4.79 Å². The van der Waals surface area contributed by atoms with E-state index >= 15 is 0 Å². The van der Waals surface area contributed by atoms with Gasteiger partial charge in [0.25, 0.3) is 0 Å². The third-order valence-corrected chi connectivity index (χ3v) is 1.83. The number of pyridine rings is 1. The van der Waals surface area contributed by atoms with E-state index in [0.717, 1.165) is 5.56 Å². The second-order valence-corrected chi connectivity index (χ2v) is 3.20. The quantitative estimate of drug-likeness (QED) is 0.363. The van der Waals surface area contributed by atoms with E-state index in [1.165, 1.54) is 6.92 Å². The van der Waals surface area contributed by atoms with Crippen LogP contribution in [-0.4, -0.2) is 17.4 Å². The third kappa shape index (κ3) is 4.24. The third-order valence-electron chi connectivity index (χ3n) is 1.83. The molecule has 17 heavy (non-hydrogen) atoms. The smallest absolute Gasteiger partial charge is 0.222 e. The zero-order chi connectivity index (χ0) is 12.7. The van der Waals surface area contributed by atoms with E-state index in [1.54, 1.807) is 19.1 Å². The van der Waals surface area contributed by atoms with Crippen LogP contribution in [-0.2, 0) is 4.79 Å². The van der Waals surface area contributed by atoms with Crippen molar-refractivity contribution in [1.29, 1.82) is 0 Å². The molecule has 1 aromatic heterocycles. The molecule has 6 nitrogen and oxygen atoms in total. The number of anilines is 1. The van der Waals surface area contributed by atoms with Crippen molar-refractivity contribution in [2.24, 2.45) is 5.11 Å². The summed E-state index contributed by atoms with van der Waals surface area (Å²) in [6.45, 7) is 3.34. The lowest BCUT2D eigenvalue weighted by atomic mass is 10.2. The Morgan fingerprint density at radius 1 is 1.65 bits per heavy atom. The second kappa shape index (κ2) is 6.16. The molecule has 1 heterocycles. The van der Waals surface area contributed by atoms with Gasteiger partial charge in [0.1, 0.15) is 5.82 Å². The molecule has 0 saturated carbocycles. The molecule has 0 radical (unpaired) electrons. The second-order valence-electron chi connectivity index (χ2n) is 3.20. The van der Waals surface area contributed by atoms with E-state index < -0.39 is 0 Å². The molecule has 0 atom stereocenters. The van der Waals surface area contributed by atoms with Crippen LogP contribution in [0.25, 0.3) is 10.4 Å². The molecule has 0 aliphatic rings. The summed E-state index contributed by atoms with van der Waals surface area (Å²) in [5.74, 6) is 5.87. The summed E-state index contributed by atoms with van der Waals surface area (Å²) < 4.78 is 0. The average molecular weight is 229 g/mol. The minimum absolute atomic E-state index is 0.128. The maximum Gasteiger partial charge on any atom is 0.222 e. The van der Waals surface area contributed by atoms with Crippen LogP contribution in [0.3, 0.4) is 0 Å². The summed E-state index contributed by atoms with van der Waals surface area (Å²) >= 11 is 0. The molecule has 0 bridgehead atoms. The van der Waals surface area contributed by atoms with Crippen molar-refractivity contribution in [2.45, 2.75) is 13.8 Å². The number of aromatic nitrogens is 1. The van der Waals surface area contributed by atoms with Gasteiger partial charge in [-0.2, -0.15) is 0 Å². The molecule has 0 aromatic carbocycles. The number of carbonyl (C=O) groups is 1. The molecule has 1 aromatic rings. The summed E-state index contributed by atoms with van der Waals surface area (Å²) in [5.41, 5.74) is 9.53. The molecular formula is C11H11N5O. The number of hydrogen-bond acceptors (Lipinski definition) is 3. The fraction of sp³-hybridized carbons (Fsp3) is 0.273. The molecule has 6 heteroatoms. The number of aryl methyl sites for hydroxylation is 1. The molecular weight excluding hydrogens is 218 g/mol. The molecule has 0 saturated heterocycles. The van der Waals surface area contributed by atoms with Gasteiger partial charge in [-0.15, -0.1) is 0 Å². The van der Waals surface area contributed by atoms with Crippen LogP contribution in [0.15, 0.2) is 17.2 Å². The Balaban J connectivity index is 2.84. The first-order valence-electron chi connectivity index (χ1n) is 4.88. The molecule has 0 aliphatic carbocycles. The molecule has 1 N–H and O–H groups in total. The lowest BCUT2D eigenvalue weighted by Gasteiger charge is -2.03. The van der Waals surface area contributed by atoms with Gasteiger partial charge in [0, 0.05) is 17.4 Å². The molecule has 0 fully saturated rings. The van der Waals surface area contributed by atoms with Crippen molar-refractivity contribution >= 4 is 11.7 Å². The van der Waals surface area contributed by atoms with E-state index in [9.17, 15) is 4.79 Å². The van der Waals surface area contributed by atoms with Gasteiger partial charge >= 0.3 is 0 Å². The van der Waals surface area contributed by atoms with Gasteiger partial charge in [-0.3, -0.25) is 4.79 Å². The van der Waals surface area contributed by atoms with Crippen LogP contribution in [0.5, 0.6) is 0 Å². The Labute approximate surface area is 98.7 Å². The zero-order valence-corrected chi connectivity index (χ0v) is 9.56. The Kier molecular flexibility index (Phi) is 4.55. The van der Waals surface area contributed by atoms with Crippen molar-refractivity contribution in [2.75, 3.05) is 11.9 Å². The molecule has 1 amide bonds. The summed E-state index contributed by atoms with van der Waals surface area (Å²) in [5, 5.41) is 5.89. The van der Waals surface area contributed by atoms with Crippen LogP contribution in [0.1, 0.15) is 18.2 Å². The minimum Gasteiger partial charge on any atom is -0.311 e. The number of amides is 1. The number of rotatable bonds is 2. The van der Waals surface area contributed by atoms with Gasteiger partial charge in [-0.05, 0) is 24.6 Å². The van der Waals surface area contributed by atoms with Crippen molar-refractivity contribution in [3.63, 3.8) is 0 Å². The van der Waals surface area contributed by atoms with Crippen molar-refractivity contribution in [3.8, 4) is 11.8 Å². The fourth-order valence-electron chi connectivity index (χ4n) is 1.14. The van der Waals surface area contributed by atoms with Gasteiger partial charge in [0.15, 0.2) is 0 Å². The van der Waals surface area contributed by atoms with E-state index in [-0.39, 0.29) is 12.5 Å². The van der Waals surface area contributed by atoms with Gasteiger partial charge < -0.3 is 5.32 Å². The highest BCUT2D eigenvalue weighted by Gasteiger charge is 2.00. The van der Waals surface area contributed by atoms with E-state index in [4.69, 9.17) is 5.53 Å². The van der Waals surface area contributed by atoms with Crippen molar-refractivity contribution in [3.05, 3.63) is 33.8 Å². The summed E-state index contributed by atoms with van der Waals surface area (Å²) in [4.78, 5) is 17.6. The number of nitrogens with one attached hydrogen (secondary N) is 1. The predicted molar refractivity (Wildman–Crippen MR) is 64.2 cm³/mol. The number of nitrogens with zero attached hydrogens (tertiary/aromatic N) is 4. The van der Waals surface area contributed by atoms with Gasteiger partial charge in [0.2, 0.25) is 5.91 Å². The molecule has 1 rings (SSSR count). The van der Waals surface area contributed by atoms with Crippen LogP contribution in [0.2, 0.25) is 0 Å². The highest BCUT2D eigenvalue weighted by atomic mass is 16.1. The largest absolute Gasteiger partial charge is 0.311 e. The van der Waals surface area contributed by atoms with Crippen molar-refractivity contribution in [1.82, 2.24) is 4.98 Å². The van der Waals surface area contributed by atoms with E-state index in [1.807, 2.05) is 0 Å². The molecule has 0 aliphatic heterocycles. The van der Waals surface area contributed by atoms with Crippen LogP contribution >= 0.6 is 0 Å². The molecule has 0 spiro atoms. The zero-order valence-electron chi connectivity index (χ0n) is 9.56. The highest BCUT2D eigenvalue weighted by molar-refractivity contribution is 5.87. The predicted octanol–water partition coefficient (Wildman–Crippen LogP) is 2.01. The normalized spacial score (nSPS) is 8.59. The summed E-state index contributed by atoms with van der Waals surface area (Å²) in [6.07, 6.45) is 0. The number of hydrogen-bond donors (Lipinski definition) is 1. The van der Waals surface area contributed by atoms with E-state index in [2.05, 4.69) is 32.2 Å². The monoisotopic (exact) mass is 229 g/mol. The Bertz CT molecular complexity index is 535.